The van der Waals surface area contributed by atoms with Gasteiger partial charge in [-0.15, -0.1) is 6.58 Å². The fourth-order valence-corrected chi connectivity index (χ4v) is 2.63. The summed E-state index contributed by atoms with van der Waals surface area (Å²) in [7, 11) is -2.02. The lowest BCUT2D eigenvalue weighted by molar-refractivity contribution is 0.0905. The van der Waals surface area contributed by atoms with Gasteiger partial charge in [0.15, 0.2) is 0 Å². The molecular formula is C14H20N2O4S. The standard InChI is InChI=1S/C14H20N2O4S/c1-4-9-15-21(18,19)13-7-5-12(6-8-13)14(17)16-11(2)10-20-3/h4-8,11,15H,1,9-10H2,2-3H3,(H,16,17). The number of ether oxygens (including phenoxy) is 1. The molecule has 116 valence electrons. The van der Waals surface area contributed by atoms with Crippen molar-refractivity contribution in [3.63, 3.8) is 0 Å². The van der Waals surface area contributed by atoms with Crippen molar-refractivity contribution in [3.8, 4) is 0 Å². The average Bonchev–Trinajstić information content (AvgIpc) is 2.45. The summed E-state index contributed by atoms with van der Waals surface area (Å²) in [6.07, 6.45) is 1.45. The third-order valence-corrected chi connectivity index (χ3v) is 4.08. The minimum atomic E-state index is -3.57. The van der Waals surface area contributed by atoms with Crippen molar-refractivity contribution in [2.24, 2.45) is 0 Å². The Labute approximate surface area is 125 Å². The molecule has 1 atom stereocenters. The first kappa shape index (κ1) is 17.4. The Hall–Kier alpha value is -1.70. The maximum atomic E-state index is 11.9. The Morgan fingerprint density at radius 3 is 2.52 bits per heavy atom. The van der Waals surface area contributed by atoms with E-state index in [1.807, 2.05) is 6.92 Å². The molecule has 0 aromatic heterocycles. The number of hydrogen-bond donors (Lipinski definition) is 2. The van der Waals surface area contributed by atoms with Crippen molar-refractivity contribution in [2.75, 3.05) is 20.3 Å². The van der Waals surface area contributed by atoms with Crippen LogP contribution in [0.5, 0.6) is 0 Å². The minimum absolute atomic E-state index is 0.103. The first-order valence-electron chi connectivity index (χ1n) is 6.41. The van der Waals surface area contributed by atoms with Gasteiger partial charge in [-0.1, -0.05) is 6.08 Å². The number of carbonyl (C=O) groups is 1. The Morgan fingerprint density at radius 1 is 1.38 bits per heavy atom. The van der Waals surface area contributed by atoms with Gasteiger partial charge in [0.25, 0.3) is 5.91 Å². The lowest BCUT2D eigenvalue weighted by atomic mass is 10.2. The zero-order valence-corrected chi connectivity index (χ0v) is 12.9. The molecule has 0 aliphatic heterocycles. The van der Waals surface area contributed by atoms with Gasteiger partial charge >= 0.3 is 0 Å². The molecule has 0 saturated carbocycles. The van der Waals surface area contributed by atoms with Crippen LogP contribution < -0.4 is 10.0 Å². The second-order valence-corrected chi connectivity index (χ2v) is 6.26. The number of sulfonamides is 1. The van der Waals surface area contributed by atoms with Gasteiger partial charge in [-0.2, -0.15) is 0 Å². The van der Waals surface area contributed by atoms with Crippen LogP contribution in [0.4, 0.5) is 0 Å². The lowest BCUT2D eigenvalue weighted by Crippen LogP contribution is -2.35. The highest BCUT2D eigenvalue weighted by Crippen LogP contribution is 2.10. The molecule has 1 unspecified atom stereocenters. The second-order valence-electron chi connectivity index (χ2n) is 4.49. The molecule has 0 saturated heterocycles. The van der Waals surface area contributed by atoms with Crippen molar-refractivity contribution in [2.45, 2.75) is 17.9 Å². The molecule has 0 radical (unpaired) electrons. The zero-order valence-electron chi connectivity index (χ0n) is 12.1. The number of benzene rings is 1. The van der Waals surface area contributed by atoms with Crippen LogP contribution in [0, 0.1) is 0 Å². The van der Waals surface area contributed by atoms with Crippen LogP contribution in [-0.4, -0.2) is 40.6 Å². The molecule has 0 aliphatic rings. The Kier molecular flexibility index (Phi) is 6.54. The first-order valence-corrected chi connectivity index (χ1v) is 7.89. The fourth-order valence-electron chi connectivity index (χ4n) is 1.64. The van der Waals surface area contributed by atoms with Crippen molar-refractivity contribution in [1.82, 2.24) is 10.0 Å². The van der Waals surface area contributed by atoms with Crippen LogP contribution in [0.3, 0.4) is 0 Å². The fraction of sp³-hybridized carbons (Fsp3) is 0.357. The third kappa shape index (κ3) is 5.30. The van der Waals surface area contributed by atoms with Gasteiger partial charge in [0.2, 0.25) is 10.0 Å². The van der Waals surface area contributed by atoms with Crippen molar-refractivity contribution < 1.29 is 17.9 Å². The van der Waals surface area contributed by atoms with Gasteiger partial charge in [-0.3, -0.25) is 4.79 Å². The molecule has 0 spiro atoms. The smallest absolute Gasteiger partial charge is 0.251 e. The second kappa shape index (κ2) is 7.92. The van der Waals surface area contributed by atoms with E-state index >= 15 is 0 Å². The number of methoxy groups -OCH3 is 1. The van der Waals surface area contributed by atoms with E-state index < -0.39 is 10.0 Å². The maximum Gasteiger partial charge on any atom is 0.251 e. The van der Waals surface area contributed by atoms with E-state index in [2.05, 4.69) is 16.6 Å². The van der Waals surface area contributed by atoms with Crippen LogP contribution >= 0.6 is 0 Å². The summed E-state index contributed by atoms with van der Waals surface area (Å²) in [6, 6.07) is 5.59. The molecular weight excluding hydrogens is 292 g/mol. The predicted molar refractivity (Wildman–Crippen MR) is 80.6 cm³/mol. The molecule has 0 bridgehead atoms. The van der Waals surface area contributed by atoms with E-state index in [0.717, 1.165) is 0 Å². The monoisotopic (exact) mass is 312 g/mol. The minimum Gasteiger partial charge on any atom is -0.383 e. The van der Waals surface area contributed by atoms with Crippen LogP contribution in [0.15, 0.2) is 41.8 Å². The van der Waals surface area contributed by atoms with Gasteiger partial charge in [0, 0.05) is 25.3 Å². The summed E-state index contributed by atoms with van der Waals surface area (Å²) in [5.74, 6) is -0.275. The maximum absolute atomic E-state index is 11.9. The largest absolute Gasteiger partial charge is 0.383 e. The topological polar surface area (TPSA) is 84.5 Å². The number of rotatable bonds is 8. The molecule has 6 nitrogen and oxygen atoms in total. The van der Waals surface area contributed by atoms with E-state index in [4.69, 9.17) is 4.74 Å². The molecule has 1 rings (SSSR count). The summed E-state index contributed by atoms with van der Waals surface area (Å²) < 4.78 is 31.0. The molecule has 7 heteroatoms. The quantitative estimate of drug-likeness (QED) is 0.699. The molecule has 0 aliphatic carbocycles. The van der Waals surface area contributed by atoms with Gasteiger partial charge in [-0.05, 0) is 31.2 Å². The van der Waals surface area contributed by atoms with Gasteiger partial charge < -0.3 is 10.1 Å². The number of amides is 1. The average molecular weight is 312 g/mol. The summed E-state index contributed by atoms with van der Waals surface area (Å²) in [5, 5.41) is 2.75. The summed E-state index contributed by atoms with van der Waals surface area (Å²) in [6.45, 7) is 5.82. The summed E-state index contributed by atoms with van der Waals surface area (Å²) in [4.78, 5) is 12.0. The molecule has 1 aromatic carbocycles. The van der Waals surface area contributed by atoms with Gasteiger partial charge in [0.1, 0.15) is 0 Å². The molecule has 1 aromatic rings. The van der Waals surface area contributed by atoms with Crippen molar-refractivity contribution in [3.05, 3.63) is 42.5 Å². The zero-order chi connectivity index (χ0) is 15.9. The normalized spacial score (nSPS) is 12.7. The molecule has 0 heterocycles. The highest BCUT2D eigenvalue weighted by Gasteiger charge is 2.14. The van der Waals surface area contributed by atoms with E-state index in [1.165, 1.54) is 30.3 Å². The molecule has 21 heavy (non-hydrogen) atoms. The predicted octanol–water partition coefficient (Wildman–Crippen LogP) is 0.916. The van der Waals surface area contributed by atoms with Crippen LogP contribution in [0.1, 0.15) is 17.3 Å². The lowest BCUT2D eigenvalue weighted by Gasteiger charge is -2.13. The summed E-state index contributed by atoms with van der Waals surface area (Å²) >= 11 is 0. The van der Waals surface area contributed by atoms with E-state index in [0.29, 0.717) is 12.2 Å². The SMILES string of the molecule is C=CCNS(=O)(=O)c1ccc(C(=O)NC(C)COC)cc1. The van der Waals surface area contributed by atoms with Crippen LogP contribution in [0.2, 0.25) is 0 Å². The highest BCUT2D eigenvalue weighted by molar-refractivity contribution is 7.89. The Morgan fingerprint density at radius 2 is 2.00 bits per heavy atom. The van der Waals surface area contributed by atoms with E-state index in [9.17, 15) is 13.2 Å². The third-order valence-electron chi connectivity index (χ3n) is 2.64. The van der Waals surface area contributed by atoms with E-state index in [1.54, 1.807) is 7.11 Å². The Balaban J connectivity index is 2.78. The van der Waals surface area contributed by atoms with Gasteiger partial charge in [-0.25, -0.2) is 13.1 Å². The van der Waals surface area contributed by atoms with Crippen molar-refractivity contribution >= 4 is 15.9 Å². The number of nitrogens with one attached hydrogen (secondary N) is 2. The Bertz CT molecular complexity index is 581. The number of carbonyl (C=O) groups excluding carboxylic acids is 1. The molecule has 2 N–H and O–H groups in total. The van der Waals surface area contributed by atoms with E-state index in [-0.39, 0.29) is 23.4 Å². The first-order chi connectivity index (χ1) is 9.90. The number of hydrogen-bond acceptors (Lipinski definition) is 4. The van der Waals surface area contributed by atoms with Crippen molar-refractivity contribution in [1.29, 1.82) is 0 Å². The van der Waals surface area contributed by atoms with Gasteiger partial charge in [0.05, 0.1) is 11.5 Å². The highest BCUT2D eigenvalue weighted by atomic mass is 32.2. The molecule has 0 fully saturated rings. The van der Waals surface area contributed by atoms with Crippen LogP contribution in [0.25, 0.3) is 0 Å². The molecule has 1 amide bonds. The van der Waals surface area contributed by atoms with Crippen LogP contribution in [-0.2, 0) is 14.8 Å². The summed E-state index contributed by atoms with van der Waals surface area (Å²) in [5.41, 5.74) is 0.389.